The summed E-state index contributed by atoms with van der Waals surface area (Å²) in [5, 5.41) is 15.7. The number of ether oxygens (including phenoxy) is 1. The van der Waals surface area contributed by atoms with Crippen molar-refractivity contribution in [1.29, 1.82) is 0 Å². The van der Waals surface area contributed by atoms with E-state index in [2.05, 4.69) is 15.6 Å². The van der Waals surface area contributed by atoms with Crippen LogP contribution in [0.5, 0.6) is 11.5 Å². The number of benzene rings is 1. The molecule has 132 valence electrons. The minimum Gasteiger partial charge on any atom is -0.505 e. The zero-order valence-electron chi connectivity index (χ0n) is 13.4. The van der Waals surface area contributed by atoms with Crippen LogP contribution in [0.4, 0.5) is 11.4 Å². The average molecular weight is 384 g/mol. The van der Waals surface area contributed by atoms with Gasteiger partial charge in [0, 0.05) is 18.8 Å². The Balaban J connectivity index is 2.40. The van der Waals surface area contributed by atoms with Crippen LogP contribution < -0.4 is 15.4 Å². The molecule has 0 saturated heterocycles. The molecule has 0 bridgehead atoms. The third-order valence-electron chi connectivity index (χ3n) is 3.28. The number of hydrogen-bond donors (Lipinski definition) is 3. The van der Waals surface area contributed by atoms with E-state index in [1.54, 1.807) is 6.92 Å². The summed E-state index contributed by atoms with van der Waals surface area (Å²) in [6.07, 6.45) is 2.84. The first kappa shape index (κ1) is 18.8. The number of carbonyl (C=O) groups is 2. The maximum atomic E-state index is 12.5. The number of phenolic OH excluding ortho intramolecular Hbond substituents is 1. The highest BCUT2D eigenvalue weighted by Gasteiger charge is 2.21. The van der Waals surface area contributed by atoms with Gasteiger partial charge in [0.05, 0.1) is 28.4 Å². The van der Waals surface area contributed by atoms with Crippen molar-refractivity contribution < 1.29 is 19.4 Å². The summed E-state index contributed by atoms with van der Waals surface area (Å²) >= 11 is 11.9. The fourth-order valence-corrected chi connectivity index (χ4v) is 2.45. The zero-order valence-corrected chi connectivity index (χ0v) is 14.9. The number of amides is 2. The number of aromatic hydroxyl groups is 1. The SMILES string of the molecule is CCC(=O)Nc1c(OC)ccc(C(=O)Nc2c(Cl)cncc2Cl)c1O. The molecule has 0 aliphatic heterocycles. The van der Waals surface area contributed by atoms with Gasteiger partial charge in [-0.25, -0.2) is 0 Å². The van der Waals surface area contributed by atoms with Gasteiger partial charge in [0.25, 0.3) is 5.91 Å². The quantitative estimate of drug-likeness (QED) is 0.683. The minimum atomic E-state index is -0.665. The fraction of sp³-hybridized carbons (Fsp3) is 0.188. The summed E-state index contributed by atoms with van der Waals surface area (Å²) in [7, 11) is 1.38. The lowest BCUT2D eigenvalue weighted by Gasteiger charge is -2.15. The monoisotopic (exact) mass is 383 g/mol. The van der Waals surface area contributed by atoms with Crippen molar-refractivity contribution in [3.63, 3.8) is 0 Å². The summed E-state index contributed by atoms with van der Waals surface area (Å²) in [5.74, 6) is -1.22. The third kappa shape index (κ3) is 4.12. The number of phenols is 1. The predicted molar refractivity (Wildman–Crippen MR) is 95.8 cm³/mol. The number of nitrogens with one attached hydrogen (secondary N) is 2. The summed E-state index contributed by atoms with van der Waals surface area (Å²) in [6, 6.07) is 2.81. The predicted octanol–water partition coefficient (Wildman–Crippen LogP) is 3.70. The molecule has 0 atom stereocenters. The second-order valence-electron chi connectivity index (χ2n) is 4.87. The molecule has 1 heterocycles. The zero-order chi connectivity index (χ0) is 18.6. The van der Waals surface area contributed by atoms with E-state index in [-0.39, 0.29) is 45.1 Å². The Kier molecular flexibility index (Phi) is 6.06. The number of aromatic nitrogens is 1. The van der Waals surface area contributed by atoms with E-state index < -0.39 is 11.7 Å². The Morgan fingerprint density at radius 1 is 1.16 bits per heavy atom. The maximum absolute atomic E-state index is 12.5. The van der Waals surface area contributed by atoms with Crippen molar-refractivity contribution >= 4 is 46.4 Å². The molecule has 0 fully saturated rings. The molecular weight excluding hydrogens is 369 g/mol. The molecule has 0 aliphatic carbocycles. The van der Waals surface area contributed by atoms with E-state index in [1.165, 1.54) is 31.6 Å². The summed E-state index contributed by atoms with van der Waals surface area (Å²) < 4.78 is 5.11. The van der Waals surface area contributed by atoms with Gasteiger partial charge in [0.1, 0.15) is 11.4 Å². The minimum absolute atomic E-state index is 0.00826. The van der Waals surface area contributed by atoms with Gasteiger partial charge in [0.2, 0.25) is 5.91 Å². The van der Waals surface area contributed by atoms with Gasteiger partial charge < -0.3 is 20.5 Å². The Morgan fingerprint density at radius 2 is 1.80 bits per heavy atom. The van der Waals surface area contributed by atoms with Crippen LogP contribution in [0.25, 0.3) is 0 Å². The first-order valence-corrected chi connectivity index (χ1v) is 7.94. The van der Waals surface area contributed by atoms with Gasteiger partial charge in [-0.15, -0.1) is 0 Å². The molecule has 0 radical (unpaired) electrons. The van der Waals surface area contributed by atoms with Crippen LogP contribution in [0.2, 0.25) is 10.0 Å². The third-order valence-corrected chi connectivity index (χ3v) is 3.85. The second kappa shape index (κ2) is 8.04. The number of anilines is 2. The van der Waals surface area contributed by atoms with Crippen LogP contribution in [-0.2, 0) is 4.79 Å². The highest BCUT2D eigenvalue weighted by molar-refractivity contribution is 6.39. The van der Waals surface area contributed by atoms with Crippen molar-refractivity contribution in [2.75, 3.05) is 17.7 Å². The average Bonchev–Trinajstić information content (AvgIpc) is 2.59. The van der Waals surface area contributed by atoms with Crippen molar-refractivity contribution in [3.8, 4) is 11.5 Å². The van der Waals surface area contributed by atoms with Gasteiger partial charge >= 0.3 is 0 Å². The molecule has 2 aromatic rings. The molecule has 0 saturated carbocycles. The summed E-state index contributed by atoms with van der Waals surface area (Å²) in [5.41, 5.74) is 0.0859. The van der Waals surface area contributed by atoms with Gasteiger partial charge in [-0.1, -0.05) is 30.1 Å². The molecule has 25 heavy (non-hydrogen) atoms. The summed E-state index contributed by atoms with van der Waals surface area (Å²) in [4.78, 5) is 27.9. The topological polar surface area (TPSA) is 101 Å². The number of methoxy groups -OCH3 is 1. The van der Waals surface area contributed by atoms with Crippen LogP contribution in [0.1, 0.15) is 23.7 Å². The van der Waals surface area contributed by atoms with Gasteiger partial charge in [-0.2, -0.15) is 0 Å². The van der Waals surface area contributed by atoms with Crippen molar-refractivity contribution in [1.82, 2.24) is 4.98 Å². The molecule has 9 heteroatoms. The first-order chi connectivity index (χ1) is 11.9. The van der Waals surface area contributed by atoms with E-state index in [9.17, 15) is 14.7 Å². The standard InChI is InChI=1S/C16H15Cl2N3O4/c1-3-12(22)20-14-11(25-2)5-4-8(15(14)23)16(24)21-13-9(17)6-19-7-10(13)18/h4-7,23H,3H2,1-2H3,(H,20,22)(H,19,21,24). The maximum Gasteiger partial charge on any atom is 0.259 e. The second-order valence-corrected chi connectivity index (χ2v) is 5.69. The van der Waals surface area contributed by atoms with Crippen LogP contribution >= 0.6 is 23.2 Å². The summed E-state index contributed by atoms with van der Waals surface area (Å²) in [6.45, 7) is 1.66. The lowest BCUT2D eigenvalue weighted by Crippen LogP contribution is -2.15. The van der Waals surface area contributed by atoms with Crippen LogP contribution in [0, 0.1) is 0 Å². The van der Waals surface area contributed by atoms with E-state index in [4.69, 9.17) is 27.9 Å². The number of pyridine rings is 1. The molecule has 7 nitrogen and oxygen atoms in total. The molecule has 3 N–H and O–H groups in total. The van der Waals surface area contributed by atoms with Crippen molar-refractivity contribution in [3.05, 3.63) is 40.1 Å². The molecule has 1 aromatic heterocycles. The van der Waals surface area contributed by atoms with Crippen molar-refractivity contribution in [2.24, 2.45) is 0 Å². The number of hydrogen-bond acceptors (Lipinski definition) is 5. The molecule has 1 aromatic carbocycles. The largest absolute Gasteiger partial charge is 0.505 e. The molecule has 0 aliphatic rings. The van der Waals surface area contributed by atoms with Gasteiger partial charge in [-0.3, -0.25) is 14.6 Å². The van der Waals surface area contributed by atoms with E-state index in [0.29, 0.717) is 0 Å². The number of rotatable bonds is 5. The molecule has 0 spiro atoms. The Hall–Kier alpha value is -2.51. The molecule has 2 amide bonds. The molecular formula is C16H15Cl2N3O4. The number of nitrogens with zero attached hydrogens (tertiary/aromatic N) is 1. The van der Waals surface area contributed by atoms with Gasteiger partial charge in [-0.05, 0) is 12.1 Å². The van der Waals surface area contributed by atoms with Crippen molar-refractivity contribution in [2.45, 2.75) is 13.3 Å². The number of halogens is 2. The number of carbonyl (C=O) groups excluding carboxylic acids is 2. The first-order valence-electron chi connectivity index (χ1n) is 7.19. The van der Waals surface area contributed by atoms with E-state index in [0.717, 1.165) is 0 Å². The smallest absolute Gasteiger partial charge is 0.259 e. The Labute approximate surface area is 153 Å². The van der Waals surface area contributed by atoms with Gasteiger partial charge in [0.15, 0.2) is 5.75 Å². The Morgan fingerprint density at radius 3 is 2.36 bits per heavy atom. The normalized spacial score (nSPS) is 10.2. The lowest BCUT2D eigenvalue weighted by molar-refractivity contribution is -0.115. The van der Waals surface area contributed by atoms with E-state index in [1.807, 2.05) is 0 Å². The fourth-order valence-electron chi connectivity index (χ4n) is 1.99. The van der Waals surface area contributed by atoms with Crippen LogP contribution in [-0.4, -0.2) is 29.0 Å². The highest BCUT2D eigenvalue weighted by atomic mass is 35.5. The lowest BCUT2D eigenvalue weighted by atomic mass is 10.1. The molecule has 2 rings (SSSR count). The Bertz CT molecular complexity index is 807. The van der Waals surface area contributed by atoms with E-state index >= 15 is 0 Å². The molecule has 0 unspecified atom stereocenters. The van der Waals surface area contributed by atoms with Crippen LogP contribution in [0.3, 0.4) is 0 Å². The van der Waals surface area contributed by atoms with Crippen LogP contribution in [0.15, 0.2) is 24.5 Å². The highest BCUT2D eigenvalue weighted by Crippen LogP contribution is 2.38.